The summed E-state index contributed by atoms with van der Waals surface area (Å²) in [6.45, 7) is 3.36. The van der Waals surface area contributed by atoms with Crippen LogP contribution in [0.4, 0.5) is 15.2 Å². The fraction of sp³-hybridized carbons (Fsp3) is 0.389. The Labute approximate surface area is 155 Å². The largest absolute Gasteiger partial charge is 0.326 e. The zero-order valence-corrected chi connectivity index (χ0v) is 15.3. The van der Waals surface area contributed by atoms with Crippen LogP contribution in [-0.4, -0.2) is 29.9 Å². The van der Waals surface area contributed by atoms with Crippen LogP contribution in [0.2, 0.25) is 0 Å². The summed E-state index contributed by atoms with van der Waals surface area (Å²) in [6, 6.07) is 4.44. The molecule has 0 spiro atoms. The first kappa shape index (κ1) is 18.5. The van der Waals surface area contributed by atoms with E-state index in [9.17, 15) is 14.0 Å². The lowest BCUT2D eigenvalue weighted by atomic mass is 10.0. The molecule has 0 radical (unpaired) electrons. The van der Waals surface area contributed by atoms with E-state index in [-0.39, 0.29) is 11.8 Å². The minimum absolute atomic E-state index is 0.0701. The van der Waals surface area contributed by atoms with Crippen LogP contribution in [0.5, 0.6) is 0 Å². The van der Waals surface area contributed by atoms with Crippen LogP contribution in [0.25, 0.3) is 11.3 Å². The number of carbonyl (C=O) groups excluding carboxylic acids is 2. The molecule has 1 saturated heterocycles. The molecule has 1 unspecified atom stereocenters. The van der Waals surface area contributed by atoms with Crippen molar-refractivity contribution in [3.63, 3.8) is 0 Å². The predicted molar refractivity (Wildman–Crippen MR) is 101 cm³/mol. The van der Waals surface area contributed by atoms with Crippen LogP contribution in [0.15, 0.2) is 23.6 Å². The number of nitrogens with one attached hydrogen (secondary N) is 3. The van der Waals surface area contributed by atoms with Gasteiger partial charge < -0.3 is 16.0 Å². The highest BCUT2D eigenvalue weighted by atomic mass is 32.1. The Bertz CT molecular complexity index is 802. The minimum Gasteiger partial charge on any atom is -0.326 e. The normalized spacial score (nSPS) is 16.5. The maximum atomic E-state index is 14.3. The number of anilines is 2. The van der Waals surface area contributed by atoms with E-state index in [1.165, 1.54) is 24.3 Å². The first-order valence-corrected chi connectivity index (χ1v) is 9.43. The Morgan fingerprint density at radius 3 is 2.92 bits per heavy atom. The molecule has 0 bridgehead atoms. The number of amides is 2. The number of aromatic nitrogens is 1. The van der Waals surface area contributed by atoms with E-state index in [0.717, 1.165) is 25.9 Å². The third-order valence-corrected chi connectivity index (χ3v) is 5.02. The molecule has 0 aliphatic carbocycles. The van der Waals surface area contributed by atoms with Gasteiger partial charge in [0.1, 0.15) is 5.82 Å². The lowest BCUT2D eigenvalue weighted by Gasteiger charge is -2.07. The van der Waals surface area contributed by atoms with E-state index in [1.54, 1.807) is 17.5 Å². The molecule has 8 heteroatoms. The van der Waals surface area contributed by atoms with Crippen molar-refractivity contribution in [2.45, 2.75) is 26.2 Å². The van der Waals surface area contributed by atoms with Crippen molar-refractivity contribution >= 4 is 34.0 Å². The average Bonchev–Trinajstić information content (AvgIpc) is 3.24. The first-order valence-electron chi connectivity index (χ1n) is 8.55. The van der Waals surface area contributed by atoms with Gasteiger partial charge in [0.2, 0.25) is 11.8 Å². The fourth-order valence-electron chi connectivity index (χ4n) is 2.94. The van der Waals surface area contributed by atoms with Gasteiger partial charge in [-0.1, -0.05) is 0 Å². The lowest BCUT2D eigenvalue weighted by Crippen LogP contribution is -2.14. The average molecular weight is 376 g/mol. The zero-order chi connectivity index (χ0) is 18.5. The Morgan fingerprint density at radius 2 is 2.23 bits per heavy atom. The molecule has 2 aromatic rings. The molecule has 3 rings (SSSR count). The van der Waals surface area contributed by atoms with Gasteiger partial charge in [-0.3, -0.25) is 9.59 Å². The number of hydrogen-bond acceptors (Lipinski definition) is 5. The van der Waals surface area contributed by atoms with Gasteiger partial charge in [0.05, 0.1) is 5.69 Å². The SMILES string of the molecule is CC(=O)Nc1ccc(-c2csc(NC(=O)CCC3CCNC3)n2)c(F)c1. The number of rotatable bonds is 6. The molecule has 1 aromatic heterocycles. The predicted octanol–water partition coefficient (Wildman–Crippen LogP) is 3.24. The maximum absolute atomic E-state index is 14.3. The summed E-state index contributed by atoms with van der Waals surface area (Å²) in [5, 5.41) is 10.8. The Kier molecular flexibility index (Phi) is 5.95. The van der Waals surface area contributed by atoms with Crippen molar-refractivity contribution in [1.82, 2.24) is 10.3 Å². The van der Waals surface area contributed by atoms with E-state index in [4.69, 9.17) is 0 Å². The quantitative estimate of drug-likeness (QED) is 0.723. The van der Waals surface area contributed by atoms with Gasteiger partial charge in [-0.15, -0.1) is 11.3 Å². The van der Waals surface area contributed by atoms with Crippen LogP contribution in [0, 0.1) is 11.7 Å². The van der Waals surface area contributed by atoms with Crippen molar-refractivity contribution < 1.29 is 14.0 Å². The number of carbonyl (C=O) groups is 2. The Balaban J connectivity index is 1.60. The van der Waals surface area contributed by atoms with Crippen LogP contribution >= 0.6 is 11.3 Å². The fourth-order valence-corrected chi connectivity index (χ4v) is 3.66. The third kappa shape index (κ3) is 4.86. The number of hydrogen-bond donors (Lipinski definition) is 3. The van der Waals surface area contributed by atoms with Gasteiger partial charge in [0.15, 0.2) is 5.13 Å². The number of halogens is 1. The minimum atomic E-state index is -0.479. The number of nitrogens with zero attached hydrogens (tertiary/aromatic N) is 1. The first-order chi connectivity index (χ1) is 12.5. The molecule has 1 fully saturated rings. The van der Waals surface area contributed by atoms with Crippen molar-refractivity contribution in [3.05, 3.63) is 29.4 Å². The van der Waals surface area contributed by atoms with Crippen molar-refractivity contribution in [3.8, 4) is 11.3 Å². The molecule has 2 heterocycles. The van der Waals surface area contributed by atoms with E-state index in [2.05, 4.69) is 20.9 Å². The smallest absolute Gasteiger partial charge is 0.226 e. The second-order valence-corrected chi connectivity index (χ2v) is 7.22. The lowest BCUT2D eigenvalue weighted by molar-refractivity contribution is -0.116. The molecule has 1 aliphatic rings. The zero-order valence-electron chi connectivity index (χ0n) is 14.5. The van der Waals surface area contributed by atoms with Crippen molar-refractivity contribution in [2.75, 3.05) is 23.7 Å². The van der Waals surface area contributed by atoms with Crippen molar-refractivity contribution in [2.24, 2.45) is 5.92 Å². The monoisotopic (exact) mass is 376 g/mol. The van der Waals surface area contributed by atoms with Gasteiger partial charge in [-0.2, -0.15) is 0 Å². The molecule has 6 nitrogen and oxygen atoms in total. The van der Waals surface area contributed by atoms with E-state index in [1.807, 2.05) is 0 Å². The summed E-state index contributed by atoms with van der Waals surface area (Å²) in [6.07, 6.45) is 2.43. The molecule has 2 amide bonds. The van der Waals surface area contributed by atoms with Gasteiger partial charge in [0, 0.05) is 30.0 Å². The van der Waals surface area contributed by atoms with Gasteiger partial charge in [0.25, 0.3) is 0 Å². The van der Waals surface area contributed by atoms with E-state index < -0.39 is 5.82 Å². The molecule has 0 saturated carbocycles. The molecule has 1 aliphatic heterocycles. The van der Waals surface area contributed by atoms with Gasteiger partial charge in [-0.25, -0.2) is 9.37 Å². The van der Waals surface area contributed by atoms with Crippen molar-refractivity contribution in [1.29, 1.82) is 0 Å². The highest BCUT2D eigenvalue weighted by molar-refractivity contribution is 7.14. The van der Waals surface area contributed by atoms with Gasteiger partial charge in [-0.05, 0) is 50.0 Å². The highest BCUT2D eigenvalue weighted by Crippen LogP contribution is 2.29. The molecule has 1 aromatic carbocycles. The molecular weight excluding hydrogens is 355 g/mol. The van der Waals surface area contributed by atoms with E-state index >= 15 is 0 Å². The molecule has 3 N–H and O–H groups in total. The van der Waals surface area contributed by atoms with E-state index in [0.29, 0.717) is 34.4 Å². The molecular formula is C18H21FN4O2S. The second-order valence-electron chi connectivity index (χ2n) is 6.36. The topological polar surface area (TPSA) is 83.1 Å². The van der Waals surface area contributed by atoms with Crippen LogP contribution in [0.1, 0.15) is 26.2 Å². The standard InChI is InChI=1S/C18H21FN4O2S/c1-11(24)21-13-3-4-14(15(19)8-13)16-10-26-18(22-16)23-17(25)5-2-12-6-7-20-9-12/h3-4,8,10,12,20H,2,5-7,9H2,1H3,(H,21,24)(H,22,23,25). The Hall–Kier alpha value is -2.32. The molecule has 1 atom stereocenters. The highest BCUT2D eigenvalue weighted by Gasteiger charge is 2.17. The summed E-state index contributed by atoms with van der Waals surface area (Å²) < 4.78 is 14.3. The second kappa shape index (κ2) is 8.37. The van der Waals surface area contributed by atoms with Crippen LogP contribution < -0.4 is 16.0 Å². The summed E-state index contributed by atoms with van der Waals surface area (Å²) in [4.78, 5) is 27.4. The number of benzene rings is 1. The van der Waals surface area contributed by atoms with Gasteiger partial charge >= 0.3 is 0 Å². The summed E-state index contributed by atoms with van der Waals surface area (Å²) in [5.74, 6) is -0.250. The van der Waals surface area contributed by atoms with Crippen LogP contribution in [0.3, 0.4) is 0 Å². The molecule has 138 valence electrons. The number of thiazole rings is 1. The molecule has 26 heavy (non-hydrogen) atoms. The summed E-state index contributed by atoms with van der Waals surface area (Å²) in [7, 11) is 0. The Morgan fingerprint density at radius 1 is 1.38 bits per heavy atom. The summed E-state index contributed by atoms with van der Waals surface area (Å²) in [5.41, 5.74) is 1.17. The summed E-state index contributed by atoms with van der Waals surface area (Å²) >= 11 is 1.26. The maximum Gasteiger partial charge on any atom is 0.226 e. The van der Waals surface area contributed by atoms with Crippen LogP contribution in [-0.2, 0) is 9.59 Å². The third-order valence-electron chi connectivity index (χ3n) is 4.26.